The molecule has 0 aliphatic carbocycles. The van der Waals surface area contributed by atoms with Gasteiger partial charge in [0.05, 0.1) is 12.8 Å². The summed E-state index contributed by atoms with van der Waals surface area (Å²) in [6, 6.07) is 16.3. The van der Waals surface area contributed by atoms with Crippen LogP contribution < -0.4 is 10.1 Å². The van der Waals surface area contributed by atoms with E-state index in [0.717, 1.165) is 21.7 Å². The highest BCUT2D eigenvalue weighted by atomic mass is 35.5. The number of carbonyl (C=O) groups is 1. The molecule has 1 N–H and O–H groups in total. The lowest BCUT2D eigenvalue weighted by atomic mass is 10.1. The third kappa shape index (κ3) is 4.58. The molecule has 1 amide bonds. The van der Waals surface area contributed by atoms with E-state index < -0.39 is 5.91 Å². The van der Waals surface area contributed by atoms with Crippen LogP contribution in [0.2, 0.25) is 5.02 Å². The lowest BCUT2D eigenvalue weighted by Crippen LogP contribution is -2.13. The maximum absolute atomic E-state index is 12.5. The van der Waals surface area contributed by atoms with Gasteiger partial charge in [-0.2, -0.15) is 5.26 Å². The van der Waals surface area contributed by atoms with E-state index in [1.165, 1.54) is 17.4 Å². The molecule has 140 valence electrons. The molecule has 1 heterocycles. The number of methoxy groups -OCH3 is 1. The first-order chi connectivity index (χ1) is 13.5. The van der Waals surface area contributed by atoms with Crippen molar-refractivity contribution in [3.05, 3.63) is 69.6 Å². The average Bonchev–Trinajstić information content (AvgIpc) is 3.07. The number of anilines is 1. The van der Waals surface area contributed by atoms with Crippen molar-refractivity contribution in [1.82, 2.24) is 4.98 Å². The van der Waals surface area contributed by atoms with Gasteiger partial charge in [0.2, 0.25) is 0 Å². The van der Waals surface area contributed by atoms with Gasteiger partial charge in [0.1, 0.15) is 17.4 Å². The second-order valence-electron chi connectivity index (χ2n) is 5.83. The SMILES string of the molecule is COc1ccc(/C=C(\C#N)C(=O)Nc2nc(-c3ccc(Cl)cc3)c(C)s2)cc1. The number of hydrogen-bond donors (Lipinski definition) is 1. The molecule has 0 atom stereocenters. The Morgan fingerprint density at radius 3 is 2.50 bits per heavy atom. The van der Waals surface area contributed by atoms with E-state index in [0.29, 0.717) is 15.9 Å². The largest absolute Gasteiger partial charge is 0.497 e. The highest BCUT2D eigenvalue weighted by molar-refractivity contribution is 7.16. The van der Waals surface area contributed by atoms with Gasteiger partial charge in [0.25, 0.3) is 5.91 Å². The number of aromatic nitrogens is 1. The van der Waals surface area contributed by atoms with Crippen LogP contribution in [0.15, 0.2) is 54.1 Å². The van der Waals surface area contributed by atoms with E-state index in [9.17, 15) is 10.1 Å². The van der Waals surface area contributed by atoms with Crippen LogP contribution in [-0.4, -0.2) is 18.0 Å². The number of thiazole rings is 1. The summed E-state index contributed by atoms with van der Waals surface area (Å²) in [4.78, 5) is 17.9. The molecule has 5 nitrogen and oxygen atoms in total. The molecule has 0 aliphatic rings. The molecule has 0 saturated carbocycles. The molecule has 1 aromatic heterocycles. The van der Waals surface area contributed by atoms with Crippen LogP contribution in [0.25, 0.3) is 17.3 Å². The number of rotatable bonds is 5. The van der Waals surface area contributed by atoms with Crippen LogP contribution in [0.4, 0.5) is 5.13 Å². The van der Waals surface area contributed by atoms with Gasteiger partial charge in [-0.1, -0.05) is 35.9 Å². The van der Waals surface area contributed by atoms with E-state index in [-0.39, 0.29) is 5.57 Å². The molecule has 0 spiro atoms. The Kier molecular flexibility index (Phi) is 6.09. The van der Waals surface area contributed by atoms with Gasteiger partial charge in [0, 0.05) is 15.5 Å². The Bertz CT molecular complexity index is 1060. The summed E-state index contributed by atoms with van der Waals surface area (Å²) in [6.45, 7) is 1.93. The number of aryl methyl sites for hydroxylation is 1. The Labute approximate surface area is 171 Å². The van der Waals surface area contributed by atoms with Crippen molar-refractivity contribution >= 4 is 40.1 Å². The summed E-state index contributed by atoms with van der Waals surface area (Å²) in [7, 11) is 1.58. The highest BCUT2D eigenvalue weighted by Gasteiger charge is 2.15. The molecule has 0 bridgehead atoms. The van der Waals surface area contributed by atoms with Crippen molar-refractivity contribution in [3.63, 3.8) is 0 Å². The Balaban J connectivity index is 1.79. The summed E-state index contributed by atoms with van der Waals surface area (Å²) in [5.41, 5.74) is 2.40. The normalized spacial score (nSPS) is 11.0. The van der Waals surface area contributed by atoms with Crippen molar-refractivity contribution in [3.8, 4) is 23.1 Å². The quantitative estimate of drug-likeness (QED) is 0.456. The first-order valence-electron chi connectivity index (χ1n) is 8.30. The maximum atomic E-state index is 12.5. The molecule has 0 saturated heterocycles. The molecule has 3 rings (SSSR count). The van der Waals surface area contributed by atoms with Crippen molar-refractivity contribution < 1.29 is 9.53 Å². The second kappa shape index (κ2) is 8.70. The minimum atomic E-state index is -0.505. The van der Waals surface area contributed by atoms with Crippen LogP contribution >= 0.6 is 22.9 Å². The van der Waals surface area contributed by atoms with Crippen molar-refractivity contribution in [1.29, 1.82) is 5.26 Å². The van der Waals surface area contributed by atoms with Crippen molar-refractivity contribution in [2.75, 3.05) is 12.4 Å². The zero-order valence-corrected chi connectivity index (χ0v) is 16.8. The second-order valence-corrected chi connectivity index (χ2v) is 7.47. The molecular weight excluding hydrogens is 394 g/mol. The summed E-state index contributed by atoms with van der Waals surface area (Å²) < 4.78 is 5.10. The molecule has 0 fully saturated rings. The standard InChI is InChI=1S/C21H16ClN3O2S/c1-13-19(15-5-7-17(22)8-6-15)24-21(28-13)25-20(26)16(12-23)11-14-3-9-18(27-2)10-4-14/h3-11H,1-2H3,(H,24,25,26)/b16-11+. The Morgan fingerprint density at radius 1 is 1.21 bits per heavy atom. The number of nitriles is 1. The summed E-state index contributed by atoms with van der Waals surface area (Å²) in [5.74, 6) is 0.197. The fourth-order valence-corrected chi connectivity index (χ4v) is 3.46. The number of halogens is 1. The van der Waals surface area contributed by atoms with Gasteiger partial charge in [-0.25, -0.2) is 4.98 Å². The van der Waals surface area contributed by atoms with Gasteiger partial charge in [-0.05, 0) is 42.8 Å². The molecule has 0 unspecified atom stereocenters. The molecular formula is C21H16ClN3O2S. The van der Waals surface area contributed by atoms with Crippen molar-refractivity contribution in [2.45, 2.75) is 6.92 Å². The van der Waals surface area contributed by atoms with E-state index >= 15 is 0 Å². The minimum Gasteiger partial charge on any atom is -0.497 e. The summed E-state index contributed by atoms with van der Waals surface area (Å²) >= 11 is 7.28. The number of carbonyl (C=O) groups excluding carboxylic acids is 1. The van der Waals surface area contributed by atoms with Crippen LogP contribution in [0, 0.1) is 18.3 Å². The first-order valence-corrected chi connectivity index (χ1v) is 9.50. The first kappa shape index (κ1) is 19.6. The van der Waals surface area contributed by atoms with E-state index in [1.54, 1.807) is 43.5 Å². The lowest BCUT2D eigenvalue weighted by molar-refractivity contribution is -0.112. The predicted molar refractivity (Wildman–Crippen MR) is 113 cm³/mol. The number of ether oxygens (including phenoxy) is 1. The fourth-order valence-electron chi connectivity index (χ4n) is 2.51. The Morgan fingerprint density at radius 2 is 1.89 bits per heavy atom. The molecule has 0 aliphatic heterocycles. The summed E-state index contributed by atoms with van der Waals surface area (Å²) in [6.07, 6.45) is 1.52. The fraction of sp³-hybridized carbons (Fsp3) is 0.0952. The topological polar surface area (TPSA) is 75.0 Å². The maximum Gasteiger partial charge on any atom is 0.268 e. The Hall–Kier alpha value is -3.14. The summed E-state index contributed by atoms with van der Waals surface area (Å²) in [5, 5.41) is 13.2. The average molecular weight is 410 g/mol. The number of amides is 1. The number of nitrogens with one attached hydrogen (secondary N) is 1. The van der Waals surface area contributed by atoms with Crippen molar-refractivity contribution in [2.24, 2.45) is 0 Å². The van der Waals surface area contributed by atoms with E-state index in [1.807, 2.05) is 25.1 Å². The van der Waals surface area contributed by atoms with E-state index in [2.05, 4.69) is 10.3 Å². The van der Waals surface area contributed by atoms with Crippen LogP contribution in [-0.2, 0) is 4.79 Å². The van der Waals surface area contributed by atoms with Gasteiger partial charge in [-0.15, -0.1) is 11.3 Å². The van der Waals surface area contributed by atoms with Crippen LogP contribution in [0.5, 0.6) is 5.75 Å². The van der Waals surface area contributed by atoms with Gasteiger partial charge in [-0.3, -0.25) is 10.1 Å². The minimum absolute atomic E-state index is 0.00828. The number of hydrogen-bond acceptors (Lipinski definition) is 5. The van der Waals surface area contributed by atoms with Gasteiger partial charge < -0.3 is 4.74 Å². The van der Waals surface area contributed by atoms with Gasteiger partial charge >= 0.3 is 0 Å². The zero-order chi connectivity index (χ0) is 20.1. The van der Waals surface area contributed by atoms with Crippen LogP contribution in [0.3, 0.4) is 0 Å². The lowest BCUT2D eigenvalue weighted by Gasteiger charge is -2.02. The third-order valence-corrected chi connectivity index (χ3v) is 5.06. The zero-order valence-electron chi connectivity index (χ0n) is 15.2. The van der Waals surface area contributed by atoms with Gasteiger partial charge in [0.15, 0.2) is 5.13 Å². The molecule has 3 aromatic rings. The van der Waals surface area contributed by atoms with Crippen LogP contribution in [0.1, 0.15) is 10.4 Å². The number of benzene rings is 2. The smallest absolute Gasteiger partial charge is 0.268 e. The molecule has 2 aromatic carbocycles. The third-order valence-electron chi connectivity index (χ3n) is 3.93. The molecule has 28 heavy (non-hydrogen) atoms. The predicted octanol–water partition coefficient (Wildman–Crippen LogP) is 5.33. The molecule has 7 heteroatoms. The number of nitrogens with zero attached hydrogens (tertiary/aromatic N) is 2. The molecule has 0 radical (unpaired) electrons. The van der Waals surface area contributed by atoms with E-state index in [4.69, 9.17) is 16.3 Å². The highest BCUT2D eigenvalue weighted by Crippen LogP contribution is 2.31. The monoisotopic (exact) mass is 409 g/mol.